The highest BCUT2D eigenvalue weighted by Gasteiger charge is 2.31. The van der Waals surface area contributed by atoms with E-state index < -0.39 is 11.7 Å². The molecule has 0 heterocycles. The molecule has 1 aromatic rings. The first-order valence-electron chi connectivity index (χ1n) is 4.92. The molecule has 0 spiro atoms. The van der Waals surface area contributed by atoms with Gasteiger partial charge in [0.1, 0.15) is 0 Å². The van der Waals surface area contributed by atoms with Crippen LogP contribution in [-0.4, -0.2) is 6.54 Å². The van der Waals surface area contributed by atoms with Crippen molar-refractivity contribution in [1.82, 2.24) is 0 Å². The molecule has 0 amide bonds. The molecule has 0 unspecified atom stereocenters. The molecule has 0 saturated carbocycles. The van der Waals surface area contributed by atoms with Gasteiger partial charge >= 0.3 is 6.18 Å². The molecule has 1 aromatic carbocycles. The smallest absolute Gasteiger partial charge is 0.166 e. The molecule has 0 aliphatic carbocycles. The zero-order valence-corrected chi connectivity index (χ0v) is 10.8. The lowest BCUT2D eigenvalue weighted by Gasteiger charge is -2.09. The van der Waals surface area contributed by atoms with Crippen LogP contribution in [0.2, 0.25) is 10.0 Å². The van der Waals surface area contributed by atoms with Gasteiger partial charge in [-0.25, -0.2) is 0 Å². The number of hydrogen-bond donors (Lipinski definition) is 0. The summed E-state index contributed by atoms with van der Waals surface area (Å²) in [4.78, 5) is 2.53. The van der Waals surface area contributed by atoms with E-state index in [2.05, 4.69) is 21.9 Å². The second-order valence-electron chi connectivity index (χ2n) is 3.32. The molecule has 0 aliphatic heterocycles. The summed E-state index contributed by atoms with van der Waals surface area (Å²) in [6.45, 7) is 0.166. The van der Waals surface area contributed by atoms with Crippen LogP contribution in [0.5, 0.6) is 0 Å². The summed E-state index contributed by atoms with van der Waals surface area (Å²) in [5.41, 5.74) is 7.23. The lowest BCUT2D eigenvalue weighted by molar-refractivity contribution is -0.137. The van der Waals surface area contributed by atoms with Crippen molar-refractivity contribution < 1.29 is 13.2 Å². The van der Waals surface area contributed by atoms with Gasteiger partial charge in [-0.05, 0) is 17.7 Å². The maximum Gasteiger partial charge on any atom is 0.416 e. The molecule has 0 N–H and O–H groups in total. The van der Waals surface area contributed by atoms with E-state index in [0.717, 1.165) is 12.1 Å². The lowest BCUT2D eigenvalue weighted by Crippen LogP contribution is -2.05. The number of alkyl halides is 3. The molecule has 0 aromatic heterocycles. The van der Waals surface area contributed by atoms with Crippen LogP contribution >= 0.6 is 23.2 Å². The fourth-order valence-corrected chi connectivity index (χ4v) is 1.74. The van der Waals surface area contributed by atoms with Crippen molar-refractivity contribution in [3.8, 4) is 11.8 Å². The van der Waals surface area contributed by atoms with Crippen LogP contribution in [0.1, 0.15) is 17.5 Å². The zero-order chi connectivity index (χ0) is 14.5. The number of halogens is 5. The Labute approximate surface area is 116 Å². The van der Waals surface area contributed by atoms with Gasteiger partial charge in [-0.3, -0.25) is 0 Å². The zero-order valence-electron chi connectivity index (χ0n) is 9.30. The highest BCUT2D eigenvalue weighted by Crippen LogP contribution is 2.35. The predicted molar refractivity (Wildman–Crippen MR) is 67.0 cm³/mol. The SMILES string of the molecule is [N-]=[N+]=NCCC#Cc1c(Cl)cc(C(F)(F)F)cc1Cl. The third-order valence-corrected chi connectivity index (χ3v) is 2.58. The molecule has 100 valence electrons. The van der Waals surface area contributed by atoms with Crippen LogP contribution in [0.4, 0.5) is 13.2 Å². The Hall–Kier alpha value is -1.54. The van der Waals surface area contributed by atoms with Crippen LogP contribution in [0.15, 0.2) is 17.2 Å². The van der Waals surface area contributed by atoms with E-state index in [9.17, 15) is 13.2 Å². The average molecular weight is 308 g/mol. The Kier molecular flexibility index (Phi) is 5.37. The number of benzene rings is 1. The maximum atomic E-state index is 12.5. The molecule has 0 fully saturated rings. The third kappa shape index (κ3) is 4.56. The van der Waals surface area contributed by atoms with Gasteiger partial charge in [0, 0.05) is 17.9 Å². The third-order valence-electron chi connectivity index (χ3n) is 1.98. The normalized spacial score (nSPS) is 10.4. The van der Waals surface area contributed by atoms with Crippen molar-refractivity contribution >= 4 is 23.2 Å². The minimum Gasteiger partial charge on any atom is -0.166 e. The van der Waals surface area contributed by atoms with E-state index >= 15 is 0 Å². The summed E-state index contributed by atoms with van der Waals surface area (Å²) in [6.07, 6.45) is -4.25. The fraction of sp³-hybridized carbons (Fsp3) is 0.273. The van der Waals surface area contributed by atoms with E-state index in [1.807, 2.05) is 0 Å². The van der Waals surface area contributed by atoms with Crippen LogP contribution in [0.3, 0.4) is 0 Å². The van der Waals surface area contributed by atoms with Crippen LogP contribution in [-0.2, 0) is 6.18 Å². The molecule has 1 rings (SSSR count). The molecule has 0 atom stereocenters. The summed E-state index contributed by atoms with van der Waals surface area (Å²) in [5.74, 6) is 5.17. The van der Waals surface area contributed by atoms with E-state index in [0.29, 0.717) is 0 Å². The van der Waals surface area contributed by atoms with Gasteiger partial charge < -0.3 is 0 Å². The summed E-state index contributed by atoms with van der Waals surface area (Å²) >= 11 is 11.4. The largest absolute Gasteiger partial charge is 0.416 e. The van der Waals surface area contributed by atoms with Gasteiger partial charge in [0.2, 0.25) is 0 Å². The summed E-state index contributed by atoms with van der Waals surface area (Å²) in [6, 6.07) is 1.54. The van der Waals surface area contributed by atoms with Crippen molar-refractivity contribution in [2.75, 3.05) is 6.54 Å². The van der Waals surface area contributed by atoms with E-state index in [4.69, 9.17) is 28.7 Å². The highest BCUT2D eigenvalue weighted by atomic mass is 35.5. The van der Waals surface area contributed by atoms with E-state index in [-0.39, 0.29) is 28.6 Å². The van der Waals surface area contributed by atoms with Crippen molar-refractivity contribution in [3.05, 3.63) is 43.7 Å². The fourth-order valence-electron chi connectivity index (χ4n) is 1.16. The molecule has 8 heteroatoms. The summed E-state index contributed by atoms with van der Waals surface area (Å²) in [5, 5.41) is 2.92. The maximum absolute atomic E-state index is 12.5. The minimum absolute atomic E-state index is 0.122. The molecule has 19 heavy (non-hydrogen) atoms. The molecule has 0 radical (unpaired) electrons. The van der Waals surface area contributed by atoms with Crippen molar-refractivity contribution in [1.29, 1.82) is 0 Å². The average Bonchev–Trinajstić information content (AvgIpc) is 2.30. The molecule has 3 nitrogen and oxygen atoms in total. The number of rotatable bonds is 2. The number of azide groups is 1. The lowest BCUT2D eigenvalue weighted by atomic mass is 10.1. The Balaban J connectivity index is 3.01. The molecular weight excluding hydrogens is 302 g/mol. The minimum atomic E-state index is -4.51. The Bertz CT molecular complexity index is 558. The van der Waals surface area contributed by atoms with Crippen LogP contribution in [0, 0.1) is 11.8 Å². The second-order valence-corrected chi connectivity index (χ2v) is 4.13. The topological polar surface area (TPSA) is 48.8 Å². The first-order valence-corrected chi connectivity index (χ1v) is 5.68. The van der Waals surface area contributed by atoms with Gasteiger partial charge in [-0.2, -0.15) is 13.2 Å². The van der Waals surface area contributed by atoms with Gasteiger partial charge in [0.15, 0.2) is 0 Å². The highest BCUT2D eigenvalue weighted by molar-refractivity contribution is 6.36. The monoisotopic (exact) mass is 307 g/mol. The molecule has 0 aliphatic rings. The van der Waals surface area contributed by atoms with Crippen LogP contribution in [0.25, 0.3) is 10.4 Å². The van der Waals surface area contributed by atoms with E-state index in [1.165, 1.54) is 0 Å². The van der Waals surface area contributed by atoms with Crippen LogP contribution < -0.4 is 0 Å². The second kappa shape index (κ2) is 6.58. The first-order chi connectivity index (χ1) is 8.86. The van der Waals surface area contributed by atoms with Crippen molar-refractivity contribution in [2.24, 2.45) is 5.11 Å². The Morgan fingerprint density at radius 1 is 1.26 bits per heavy atom. The van der Waals surface area contributed by atoms with E-state index in [1.54, 1.807) is 0 Å². The Morgan fingerprint density at radius 2 is 1.84 bits per heavy atom. The molecule has 0 saturated heterocycles. The standard InChI is InChI=1S/C11H6Cl2F3N3/c12-9-5-7(11(14,15)16)6-10(13)8(9)3-1-2-4-18-19-17/h5-6H,2,4H2. The van der Waals surface area contributed by atoms with Crippen molar-refractivity contribution in [3.63, 3.8) is 0 Å². The summed E-state index contributed by atoms with van der Waals surface area (Å²) in [7, 11) is 0. The Morgan fingerprint density at radius 3 is 2.32 bits per heavy atom. The first kappa shape index (κ1) is 15.5. The van der Waals surface area contributed by atoms with Gasteiger partial charge in [0.25, 0.3) is 0 Å². The summed E-state index contributed by atoms with van der Waals surface area (Å²) < 4.78 is 37.4. The van der Waals surface area contributed by atoms with Gasteiger partial charge in [0.05, 0.1) is 21.2 Å². The van der Waals surface area contributed by atoms with Crippen molar-refractivity contribution in [2.45, 2.75) is 12.6 Å². The van der Waals surface area contributed by atoms with Gasteiger partial charge in [-0.15, -0.1) is 0 Å². The number of hydrogen-bond acceptors (Lipinski definition) is 1. The predicted octanol–water partition coefficient (Wildman–Crippen LogP) is 5.06. The van der Waals surface area contributed by atoms with Gasteiger partial charge in [-0.1, -0.05) is 40.2 Å². The quantitative estimate of drug-likeness (QED) is 0.241. The molecule has 0 bridgehead atoms. The number of nitrogens with zero attached hydrogens (tertiary/aromatic N) is 3. The molecular formula is C11H6Cl2F3N3.